The Morgan fingerprint density at radius 3 is 1.93 bits per heavy atom. The first-order valence-corrected chi connectivity index (χ1v) is 4.28. The minimum absolute atomic E-state index is 0.596. The first kappa shape index (κ1) is 15.4. The average molecular weight is 207 g/mol. The highest BCUT2D eigenvalue weighted by molar-refractivity contribution is 5.87. The molecule has 0 aromatic heterocycles. The van der Waals surface area contributed by atoms with Gasteiger partial charge in [0.1, 0.15) is 5.71 Å². The molecule has 0 aromatic rings. The van der Waals surface area contributed by atoms with Crippen LogP contribution >= 0.6 is 0 Å². The summed E-state index contributed by atoms with van der Waals surface area (Å²) in [6, 6.07) is 0. The Morgan fingerprint density at radius 2 is 1.64 bits per heavy atom. The van der Waals surface area contributed by atoms with Crippen molar-refractivity contribution in [3.8, 4) is 0 Å². The molecule has 0 rings (SSSR count). The second-order valence-corrected chi connectivity index (χ2v) is 2.29. The van der Waals surface area contributed by atoms with Crippen LogP contribution in [0.25, 0.3) is 0 Å². The Bertz CT molecular complexity index is 224. The number of halogens is 3. The zero-order valence-electron chi connectivity index (χ0n) is 8.94. The van der Waals surface area contributed by atoms with E-state index in [9.17, 15) is 13.2 Å². The van der Waals surface area contributed by atoms with Gasteiger partial charge in [-0.25, -0.2) is 0 Å². The van der Waals surface area contributed by atoms with Crippen molar-refractivity contribution in [2.24, 2.45) is 4.99 Å². The van der Waals surface area contributed by atoms with Gasteiger partial charge < -0.3 is 0 Å². The van der Waals surface area contributed by atoms with Crippen molar-refractivity contribution in [3.63, 3.8) is 0 Å². The molecule has 0 aromatic carbocycles. The van der Waals surface area contributed by atoms with Gasteiger partial charge in [-0.1, -0.05) is 26.5 Å². The predicted molar refractivity (Wildman–Crippen MR) is 54.5 cm³/mol. The fraction of sp³-hybridized carbons (Fsp3) is 0.500. The summed E-state index contributed by atoms with van der Waals surface area (Å²) < 4.78 is 35.5. The minimum atomic E-state index is -4.34. The van der Waals surface area contributed by atoms with E-state index >= 15 is 0 Å². The molecule has 0 amide bonds. The fourth-order valence-electron chi connectivity index (χ4n) is 0.325. The maximum Gasteiger partial charge on any atom is 0.429 e. The Kier molecular flexibility index (Phi) is 8.10. The van der Waals surface area contributed by atoms with Crippen molar-refractivity contribution >= 4 is 5.71 Å². The molecular weight excluding hydrogens is 191 g/mol. The molecule has 0 radical (unpaired) electrons. The van der Waals surface area contributed by atoms with E-state index in [0.717, 1.165) is 13.1 Å². The second-order valence-electron chi connectivity index (χ2n) is 2.29. The maximum atomic E-state index is 11.8. The van der Waals surface area contributed by atoms with Crippen molar-refractivity contribution in [2.45, 2.75) is 33.9 Å². The number of nitrogens with zero attached hydrogens (tertiary/aromatic N) is 1. The molecule has 0 unspecified atom stereocenters. The molecule has 0 spiro atoms. The van der Waals surface area contributed by atoms with Crippen LogP contribution in [0.3, 0.4) is 0 Å². The maximum absolute atomic E-state index is 11.8. The Hall–Kier alpha value is -1.06. The number of rotatable bonds is 2. The Balaban J connectivity index is 0. The van der Waals surface area contributed by atoms with Crippen molar-refractivity contribution in [1.29, 1.82) is 0 Å². The first-order chi connectivity index (χ1) is 6.38. The van der Waals surface area contributed by atoms with E-state index in [1.807, 2.05) is 13.8 Å². The number of hydrogen-bond donors (Lipinski definition) is 0. The Labute approximate surface area is 83.0 Å². The number of alkyl halides is 3. The van der Waals surface area contributed by atoms with Gasteiger partial charge in [-0.15, -0.1) is 0 Å². The van der Waals surface area contributed by atoms with Crippen LogP contribution in [0.5, 0.6) is 0 Å². The summed E-state index contributed by atoms with van der Waals surface area (Å²) in [7, 11) is 0. The second kappa shape index (κ2) is 7.35. The molecule has 0 aliphatic heterocycles. The third-order valence-electron chi connectivity index (χ3n) is 1.19. The standard InChI is InChI=1S/C8H10F3N.C2H6/c1-4-6(2)5-12-7(3)8(9,10)11;1-2/h4-5H,1H2,2-3H3;1-2H3/b6-5-,12-7?;. The molecule has 4 heteroatoms. The molecule has 0 bridgehead atoms. The van der Waals surface area contributed by atoms with Crippen molar-refractivity contribution in [3.05, 3.63) is 24.4 Å². The zero-order chi connectivity index (χ0) is 11.8. The predicted octanol–water partition coefficient (Wildman–Crippen LogP) is 4.13. The number of hydrogen-bond acceptors (Lipinski definition) is 1. The molecule has 0 saturated heterocycles. The molecule has 0 aliphatic carbocycles. The van der Waals surface area contributed by atoms with E-state index in [-0.39, 0.29) is 0 Å². The lowest BCUT2D eigenvalue weighted by Gasteiger charge is -2.02. The van der Waals surface area contributed by atoms with E-state index in [1.54, 1.807) is 6.92 Å². The first-order valence-electron chi connectivity index (χ1n) is 4.28. The van der Waals surface area contributed by atoms with E-state index in [4.69, 9.17) is 0 Å². The van der Waals surface area contributed by atoms with Gasteiger partial charge in [0.25, 0.3) is 0 Å². The van der Waals surface area contributed by atoms with Crippen molar-refractivity contribution < 1.29 is 13.2 Å². The van der Waals surface area contributed by atoms with Crippen LogP contribution in [0, 0.1) is 0 Å². The summed E-state index contributed by atoms with van der Waals surface area (Å²) in [4.78, 5) is 3.22. The van der Waals surface area contributed by atoms with E-state index in [0.29, 0.717) is 5.57 Å². The monoisotopic (exact) mass is 207 g/mol. The van der Waals surface area contributed by atoms with Gasteiger partial charge >= 0.3 is 6.18 Å². The summed E-state index contributed by atoms with van der Waals surface area (Å²) in [6.07, 6.45) is -1.76. The van der Waals surface area contributed by atoms with Crippen LogP contribution in [0.1, 0.15) is 27.7 Å². The summed E-state index contributed by atoms with van der Waals surface area (Å²) in [5.74, 6) is 0. The van der Waals surface area contributed by atoms with Gasteiger partial charge in [0.2, 0.25) is 0 Å². The lowest BCUT2D eigenvalue weighted by atomic mass is 10.3. The highest BCUT2D eigenvalue weighted by atomic mass is 19.4. The largest absolute Gasteiger partial charge is 0.429 e. The molecule has 0 saturated carbocycles. The molecule has 0 fully saturated rings. The average Bonchev–Trinajstić information content (AvgIpc) is 2.15. The lowest BCUT2D eigenvalue weighted by Crippen LogP contribution is -2.18. The molecule has 14 heavy (non-hydrogen) atoms. The molecular formula is C10H16F3N. The summed E-state index contributed by atoms with van der Waals surface area (Å²) in [5.41, 5.74) is -0.262. The minimum Gasteiger partial charge on any atom is -0.256 e. The number of aliphatic imine (C=N–C) groups is 1. The number of allylic oxidation sites excluding steroid dienone is 2. The van der Waals surface area contributed by atoms with Gasteiger partial charge in [-0.05, 0) is 19.4 Å². The van der Waals surface area contributed by atoms with E-state index in [2.05, 4.69) is 11.6 Å². The Morgan fingerprint density at radius 1 is 1.21 bits per heavy atom. The molecule has 0 heterocycles. The van der Waals surface area contributed by atoms with Gasteiger partial charge in [-0.3, -0.25) is 4.99 Å². The van der Waals surface area contributed by atoms with E-state index in [1.165, 1.54) is 6.08 Å². The fourth-order valence-corrected chi connectivity index (χ4v) is 0.325. The van der Waals surface area contributed by atoms with Crippen molar-refractivity contribution in [2.75, 3.05) is 0 Å². The molecule has 0 N–H and O–H groups in total. The van der Waals surface area contributed by atoms with Crippen LogP contribution in [-0.2, 0) is 0 Å². The van der Waals surface area contributed by atoms with Crippen LogP contribution in [0.15, 0.2) is 29.4 Å². The van der Waals surface area contributed by atoms with Crippen LogP contribution in [0.2, 0.25) is 0 Å². The third kappa shape index (κ3) is 7.58. The van der Waals surface area contributed by atoms with Crippen LogP contribution in [-0.4, -0.2) is 11.9 Å². The topological polar surface area (TPSA) is 12.4 Å². The smallest absolute Gasteiger partial charge is 0.256 e. The quantitative estimate of drug-likeness (QED) is 0.477. The molecule has 0 atom stereocenters. The highest BCUT2D eigenvalue weighted by Gasteiger charge is 2.31. The van der Waals surface area contributed by atoms with Gasteiger partial charge in [0.15, 0.2) is 0 Å². The highest BCUT2D eigenvalue weighted by Crippen LogP contribution is 2.17. The summed E-state index contributed by atoms with van der Waals surface area (Å²) in [5, 5.41) is 0. The van der Waals surface area contributed by atoms with Crippen LogP contribution in [0.4, 0.5) is 13.2 Å². The normalized spacial score (nSPS) is 13.1. The summed E-state index contributed by atoms with van der Waals surface area (Å²) in [6.45, 7) is 9.93. The van der Waals surface area contributed by atoms with Gasteiger partial charge in [0.05, 0.1) is 0 Å². The summed E-state index contributed by atoms with van der Waals surface area (Å²) >= 11 is 0. The third-order valence-corrected chi connectivity index (χ3v) is 1.19. The lowest BCUT2D eigenvalue weighted by molar-refractivity contribution is -0.0591. The zero-order valence-corrected chi connectivity index (χ0v) is 8.94. The van der Waals surface area contributed by atoms with Gasteiger partial charge in [0, 0.05) is 6.20 Å². The SMILES string of the molecule is C=C/C(C)=C\N=C(C)C(F)(F)F.CC. The van der Waals surface area contributed by atoms with Crippen LogP contribution < -0.4 is 0 Å². The molecule has 82 valence electrons. The van der Waals surface area contributed by atoms with E-state index < -0.39 is 11.9 Å². The molecule has 0 aliphatic rings. The molecule has 1 nitrogen and oxygen atoms in total. The van der Waals surface area contributed by atoms with Crippen molar-refractivity contribution in [1.82, 2.24) is 0 Å². The van der Waals surface area contributed by atoms with Gasteiger partial charge in [-0.2, -0.15) is 13.2 Å².